The summed E-state index contributed by atoms with van der Waals surface area (Å²) in [7, 11) is 2.15. The van der Waals surface area contributed by atoms with E-state index in [1.807, 2.05) is 18.5 Å². The van der Waals surface area contributed by atoms with Crippen molar-refractivity contribution in [3.05, 3.63) is 30.1 Å². The van der Waals surface area contributed by atoms with E-state index in [-0.39, 0.29) is 0 Å². The molecule has 1 fully saturated rings. The molecular formula is C16H27N3O. The van der Waals surface area contributed by atoms with E-state index in [1.54, 1.807) is 0 Å². The summed E-state index contributed by atoms with van der Waals surface area (Å²) in [4.78, 5) is 6.48. The maximum Gasteiger partial charge on any atom is 0.0707 e. The largest absolute Gasteiger partial charge is 0.372 e. The van der Waals surface area contributed by atoms with Gasteiger partial charge < -0.3 is 10.1 Å². The SMILES string of the molecule is CCCNCC1CCC(CN(C)Cc2cccnc2)O1. The molecule has 2 rings (SSSR count). The third kappa shape index (κ3) is 5.19. The first-order chi connectivity index (χ1) is 9.78. The van der Waals surface area contributed by atoms with Crippen LogP contribution in [0.15, 0.2) is 24.5 Å². The van der Waals surface area contributed by atoms with Crippen molar-refractivity contribution in [1.82, 2.24) is 15.2 Å². The molecule has 0 aromatic carbocycles. The zero-order chi connectivity index (χ0) is 14.2. The van der Waals surface area contributed by atoms with Crippen molar-refractivity contribution in [2.24, 2.45) is 0 Å². The van der Waals surface area contributed by atoms with Gasteiger partial charge in [0.15, 0.2) is 0 Å². The van der Waals surface area contributed by atoms with E-state index in [4.69, 9.17) is 4.74 Å². The summed E-state index contributed by atoms with van der Waals surface area (Å²) in [6.45, 7) is 6.21. The van der Waals surface area contributed by atoms with Gasteiger partial charge in [0, 0.05) is 32.0 Å². The Bertz CT molecular complexity index is 371. The Morgan fingerprint density at radius 3 is 3.00 bits per heavy atom. The Hall–Kier alpha value is -0.970. The maximum absolute atomic E-state index is 6.10. The molecule has 20 heavy (non-hydrogen) atoms. The molecule has 2 heterocycles. The van der Waals surface area contributed by atoms with Gasteiger partial charge in [-0.25, -0.2) is 0 Å². The van der Waals surface area contributed by atoms with Gasteiger partial charge in [-0.3, -0.25) is 9.88 Å². The standard InChI is InChI=1S/C16H27N3O/c1-3-8-17-11-15-6-7-16(20-15)13-19(2)12-14-5-4-9-18-10-14/h4-5,9-10,15-17H,3,6-8,11-13H2,1-2H3. The molecular weight excluding hydrogens is 250 g/mol. The zero-order valence-electron chi connectivity index (χ0n) is 12.7. The fourth-order valence-corrected chi connectivity index (χ4v) is 2.72. The van der Waals surface area contributed by atoms with E-state index >= 15 is 0 Å². The number of hydrogen-bond acceptors (Lipinski definition) is 4. The number of pyridine rings is 1. The highest BCUT2D eigenvalue weighted by Crippen LogP contribution is 2.20. The van der Waals surface area contributed by atoms with E-state index in [9.17, 15) is 0 Å². The monoisotopic (exact) mass is 277 g/mol. The molecule has 0 bridgehead atoms. The van der Waals surface area contributed by atoms with Crippen molar-refractivity contribution in [2.75, 3.05) is 26.7 Å². The molecule has 0 radical (unpaired) electrons. The molecule has 0 spiro atoms. The van der Waals surface area contributed by atoms with Gasteiger partial charge in [-0.05, 0) is 44.5 Å². The molecule has 1 aromatic rings. The summed E-state index contributed by atoms with van der Waals surface area (Å²) in [5.41, 5.74) is 1.26. The fourth-order valence-electron chi connectivity index (χ4n) is 2.72. The minimum absolute atomic E-state index is 0.380. The first kappa shape index (κ1) is 15.4. The summed E-state index contributed by atoms with van der Waals surface area (Å²) >= 11 is 0. The summed E-state index contributed by atoms with van der Waals surface area (Å²) in [6.07, 6.45) is 8.08. The Kier molecular flexibility index (Phi) is 6.43. The molecule has 1 N–H and O–H groups in total. The lowest BCUT2D eigenvalue weighted by molar-refractivity contribution is 0.0268. The molecule has 1 saturated heterocycles. The second-order valence-electron chi connectivity index (χ2n) is 5.72. The van der Waals surface area contributed by atoms with Gasteiger partial charge in [0.2, 0.25) is 0 Å². The van der Waals surface area contributed by atoms with Crippen LogP contribution in [-0.2, 0) is 11.3 Å². The second kappa shape index (κ2) is 8.35. The molecule has 0 aliphatic carbocycles. The van der Waals surface area contributed by atoms with Crippen LogP contribution in [0.5, 0.6) is 0 Å². The van der Waals surface area contributed by atoms with Crippen molar-refractivity contribution in [3.8, 4) is 0 Å². The number of ether oxygens (including phenoxy) is 1. The smallest absolute Gasteiger partial charge is 0.0707 e. The van der Waals surface area contributed by atoms with Crippen molar-refractivity contribution < 1.29 is 4.74 Å². The van der Waals surface area contributed by atoms with Crippen molar-refractivity contribution in [2.45, 2.75) is 44.9 Å². The molecule has 112 valence electrons. The van der Waals surface area contributed by atoms with Crippen molar-refractivity contribution >= 4 is 0 Å². The Morgan fingerprint density at radius 2 is 2.25 bits per heavy atom. The van der Waals surface area contributed by atoms with Crippen molar-refractivity contribution in [3.63, 3.8) is 0 Å². The number of hydrogen-bond donors (Lipinski definition) is 1. The molecule has 1 aliphatic heterocycles. The Morgan fingerprint density at radius 1 is 1.40 bits per heavy atom. The van der Waals surface area contributed by atoms with Crippen LogP contribution >= 0.6 is 0 Å². The van der Waals surface area contributed by atoms with Gasteiger partial charge in [-0.2, -0.15) is 0 Å². The first-order valence-corrected chi connectivity index (χ1v) is 7.71. The van der Waals surface area contributed by atoms with Crippen LogP contribution in [-0.4, -0.2) is 48.8 Å². The van der Waals surface area contributed by atoms with E-state index in [2.05, 4.69) is 35.2 Å². The van der Waals surface area contributed by atoms with Crippen LogP contribution in [0.3, 0.4) is 0 Å². The van der Waals surface area contributed by atoms with E-state index in [0.717, 1.165) is 26.2 Å². The van der Waals surface area contributed by atoms with Gasteiger partial charge in [0.25, 0.3) is 0 Å². The van der Waals surface area contributed by atoms with Crippen LogP contribution in [0, 0.1) is 0 Å². The first-order valence-electron chi connectivity index (χ1n) is 7.71. The van der Waals surface area contributed by atoms with Crippen LogP contribution in [0.25, 0.3) is 0 Å². The van der Waals surface area contributed by atoms with Crippen LogP contribution in [0.4, 0.5) is 0 Å². The summed E-state index contributed by atoms with van der Waals surface area (Å²) in [5, 5.41) is 3.44. The topological polar surface area (TPSA) is 37.4 Å². The molecule has 2 unspecified atom stereocenters. The Balaban J connectivity index is 1.66. The van der Waals surface area contributed by atoms with Gasteiger partial charge in [0.05, 0.1) is 12.2 Å². The average molecular weight is 277 g/mol. The summed E-state index contributed by atoms with van der Waals surface area (Å²) < 4.78 is 6.10. The summed E-state index contributed by atoms with van der Waals surface area (Å²) in [6, 6.07) is 4.11. The van der Waals surface area contributed by atoms with Crippen LogP contribution < -0.4 is 5.32 Å². The number of nitrogens with one attached hydrogen (secondary N) is 1. The highest BCUT2D eigenvalue weighted by molar-refractivity contribution is 5.07. The molecule has 0 saturated carbocycles. The fraction of sp³-hybridized carbons (Fsp3) is 0.688. The zero-order valence-corrected chi connectivity index (χ0v) is 12.7. The van der Waals surface area contributed by atoms with Crippen LogP contribution in [0.1, 0.15) is 31.7 Å². The lowest BCUT2D eigenvalue weighted by Crippen LogP contribution is -2.31. The minimum Gasteiger partial charge on any atom is -0.372 e. The predicted molar refractivity (Wildman–Crippen MR) is 81.6 cm³/mol. The van der Waals surface area contributed by atoms with Gasteiger partial charge >= 0.3 is 0 Å². The minimum atomic E-state index is 0.380. The Labute approximate surface area is 122 Å². The van der Waals surface area contributed by atoms with Gasteiger partial charge in [-0.15, -0.1) is 0 Å². The van der Waals surface area contributed by atoms with Gasteiger partial charge in [-0.1, -0.05) is 13.0 Å². The molecule has 1 aliphatic rings. The lowest BCUT2D eigenvalue weighted by atomic mass is 10.2. The summed E-state index contributed by atoms with van der Waals surface area (Å²) in [5.74, 6) is 0. The third-order valence-electron chi connectivity index (χ3n) is 3.68. The highest BCUT2D eigenvalue weighted by Gasteiger charge is 2.25. The average Bonchev–Trinajstić information content (AvgIpc) is 2.87. The molecule has 4 heteroatoms. The van der Waals surface area contributed by atoms with E-state index in [0.29, 0.717) is 12.2 Å². The van der Waals surface area contributed by atoms with Gasteiger partial charge in [0.1, 0.15) is 0 Å². The number of aromatic nitrogens is 1. The highest BCUT2D eigenvalue weighted by atomic mass is 16.5. The maximum atomic E-state index is 6.10. The van der Waals surface area contributed by atoms with E-state index < -0.39 is 0 Å². The normalized spacial score (nSPS) is 22.6. The molecule has 0 amide bonds. The lowest BCUT2D eigenvalue weighted by Gasteiger charge is -2.21. The number of nitrogens with zero attached hydrogens (tertiary/aromatic N) is 2. The third-order valence-corrected chi connectivity index (χ3v) is 3.68. The molecule has 4 nitrogen and oxygen atoms in total. The van der Waals surface area contributed by atoms with E-state index in [1.165, 1.54) is 24.8 Å². The van der Waals surface area contributed by atoms with Crippen LogP contribution in [0.2, 0.25) is 0 Å². The molecule has 1 aromatic heterocycles. The molecule has 2 atom stereocenters. The quantitative estimate of drug-likeness (QED) is 0.738. The second-order valence-corrected chi connectivity index (χ2v) is 5.72. The van der Waals surface area contributed by atoms with Crippen molar-refractivity contribution in [1.29, 1.82) is 0 Å². The predicted octanol–water partition coefficient (Wildman–Crippen LogP) is 2.06. The number of likely N-dealkylation sites (N-methyl/N-ethyl adjacent to an activating group) is 1. The number of rotatable bonds is 8.